The number of ketones is 1. The summed E-state index contributed by atoms with van der Waals surface area (Å²) in [5, 5.41) is 0. The van der Waals surface area contributed by atoms with Crippen LogP contribution in [0.2, 0.25) is 0 Å². The lowest BCUT2D eigenvalue weighted by Gasteiger charge is -2.45. The normalized spacial score (nSPS) is 19.6. The smallest absolute Gasteiger partial charge is 0.222 e. The third-order valence-electron chi connectivity index (χ3n) is 7.47. The number of hydrogen-bond donors (Lipinski definition) is 0. The first-order chi connectivity index (χ1) is 14.8. The minimum atomic E-state index is 0.146. The molecule has 0 aromatic heterocycles. The largest absolute Gasteiger partial charge is 0.342 e. The summed E-state index contributed by atoms with van der Waals surface area (Å²) in [6.07, 6.45) is 4.72. The van der Waals surface area contributed by atoms with Crippen LogP contribution >= 0.6 is 0 Å². The predicted molar refractivity (Wildman–Crippen MR) is 127 cm³/mol. The third kappa shape index (κ3) is 6.65. The second-order valence-electron chi connectivity index (χ2n) is 10.4. The fourth-order valence-corrected chi connectivity index (χ4v) is 5.36. The van der Waals surface area contributed by atoms with Crippen molar-refractivity contribution in [2.75, 3.05) is 32.7 Å². The van der Waals surface area contributed by atoms with Gasteiger partial charge in [0.1, 0.15) is 5.78 Å². The van der Waals surface area contributed by atoms with Crippen molar-refractivity contribution < 1.29 is 9.59 Å². The van der Waals surface area contributed by atoms with Gasteiger partial charge in [-0.3, -0.25) is 9.59 Å². The van der Waals surface area contributed by atoms with Gasteiger partial charge in [-0.2, -0.15) is 0 Å². The Morgan fingerprint density at radius 3 is 2.19 bits per heavy atom. The molecular formula is C27H42N2O2. The second-order valence-corrected chi connectivity index (χ2v) is 10.4. The standard InChI is InChI=1S/C27H42N2O2/c1-20(2)25(30)14-17-28-15-12-22(13-16-28)10-11-26(31)29-18-24(19-29)27(21(3)4)23-8-6-5-7-9-23/h5-9,20-22,24,27H,10-19H2,1-4H3/t27-/m1/s1. The molecule has 2 fully saturated rings. The zero-order chi connectivity index (χ0) is 22.4. The van der Waals surface area contributed by atoms with Crippen molar-refractivity contribution in [3.63, 3.8) is 0 Å². The summed E-state index contributed by atoms with van der Waals surface area (Å²) in [5.41, 5.74) is 1.41. The number of carbonyl (C=O) groups is 2. The summed E-state index contributed by atoms with van der Waals surface area (Å²) in [7, 11) is 0. The third-order valence-corrected chi connectivity index (χ3v) is 7.47. The van der Waals surface area contributed by atoms with E-state index in [9.17, 15) is 9.59 Å². The molecule has 1 amide bonds. The highest BCUT2D eigenvalue weighted by atomic mass is 16.2. The maximum absolute atomic E-state index is 12.7. The summed E-state index contributed by atoms with van der Waals surface area (Å²) >= 11 is 0. The molecule has 4 heteroatoms. The number of rotatable bonds is 10. The van der Waals surface area contributed by atoms with Gasteiger partial charge in [0.05, 0.1) is 0 Å². The fourth-order valence-electron chi connectivity index (χ4n) is 5.36. The average molecular weight is 427 g/mol. The molecule has 4 nitrogen and oxygen atoms in total. The van der Waals surface area contributed by atoms with Crippen LogP contribution < -0.4 is 0 Å². The van der Waals surface area contributed by atoms with Crippen LogP contribution in [-0.4, -0.2) is 54.2 Å². The monoisotopic (exact) mass is 426 g/mol. The minimum Gasteiger partial charge on any atom is -0.342 e. The molecule has 3 rings (SSSR count). The van der Waals surface area contributed by atoms with Crippen LogP contribution in [-0.2, 0) is 9.59 Å². The number of hydrogen-bond acceptors (Lipinski definition) is 3. The van der Waals surface area contributed by atoms with Crippen molar-refractivity contribution in [3.8, 4) is 0 Å². The van der Waals surface area contributed by atoms with Crippen LogP contribution in [0.25, 0.3) is 0 Å². The number of carbonyl (C=O) groups excluding carboxylic acids is 2. The van der Waals surface area contributed by atoms with E-state index >= 15 is 0 Å². The van der Waals surface area contributed by atoms with E-state index in [-0.39, 0.29) is 5.92 Å². The SMILES string of the molecule is CC(C)C(=O)CCN1CCC(CCC(=O)N2CC([C@@H](c3ccccc3)C(C)C)C2)CC1. The molecule has 1 atom stereocenters. The van der Waals surface area contributed by atoms with E-state index < -0.39 is 0 Å². The molecule has 172 valence electrons. The highest BCUT2D eigenvalue weighted by Crippen LogP contribution is 2.38. The first-order valence-electron chi connectivity index (χ1n) is 12.4. The number of likely N-dealkylation sites (tertiary alicyclic amines) is 2. The van der Waals surface area contributed by atoms with Crippen LogP contribution in [0.15, 0.2) is 30.3 Å². The van der Waals surface area contributed by atoms with Gasteiger partial charge < -0.3 is 9.80 Å². The number of piperidine rings is 1. The van der Waals surface area contributed by atoms with E-state index in [0.717, 1.165) is 52.0 Å². The molecule has 31 heavy (non-hydrogen) atoms. The van der Waals surface area contributed by atoms with Gasteiger partial charge in [-0.1, -0.05) is 58.0 Å². The molecule has 2 saturated heterocycles. The Morgan fingerprint density at radius 1 is 0.968 bits per heavy atom. The summed E-state index contributed by atoms with van der Waals surface area (Å²) < 4.78 is 0. The highest BCUT2D eigenvalue weighted by molar-refractivity contribution is 5.80. The van der Waals surface area contributed by atoms with Gasteiger partial charge in [0, 0.05) is 44.3 Å². The maximum Gasteiger partial charge on any atom is 0.222 e. The Labute approximate surface area is 189 Å². The lowest BCUT2D eigenvalue weighted by molar-refractivity contribution is -0.138. The van der Waals surface area contributed by atoms with Gasteiger partial charge in [-0.05, 0) is 55.7 Å². The van der Waals surface area contributed by atoms with E-state index in [1.54, 1.807) is 0 Å². The first kappa shape index (κ1) is 24.0. The van der Waals surface area contributed by atoms with Crippen molar-refractivity contribution in [3.05, 3.63) is 35.9 Å². The lowest BCUT2D eigenvalue weighted by Crippen LogP contribution is -2.52. The lowest BCUT2D eigenvalue weighted by atomic mass is 9.74. The van der Waals surface area contributed by atoms with E-state index in [4.69, 9.17) is 0 Å². The zero-order valence-corrected chi connectivity index (χ0v) is 20.1. The van der Waals surface area contributed by atoms with Crippen molar-refractivity contribution in [1.82, 2.24) is 9.80 Å². The molecule has 0 saturated carbocycles. The van der Waals surface area contributed by atoms with Crippen LogP contribution in [0.1, 0.15) is 71.3 Å². The number of benzene rings is 1. The molecule has 0 bridgehead atoms. The van der Waals surface area contributed by atoms with Crippen molar-refractivity contribution >= 4 is 11.7 Å². The molecule has 0 spiro atoms. The van der Waals surface area contributed by atoms with Gasteiger partial charge in [0.15, 0.2) is 0 Å². The Bertz CT molecular complexity index is 701. The van der Waals surface area contributed by atoms with E-state index in [2.05, 4.69) is 54.0 Å². The minimum absolute atomic E-state index is 0.146. The molecule has 0 radical (unpaired) electrons. The average Bonchev–Trinajstić information content (AvgIpc) is 2.73. The summed E-state index contributed by atoms with van der Waals surface area (Å²) in [6.45, 7) is 13.4. The Kier molecular flexibility index (Phi) is 8.71. The first-order valence-corrected chi connectivity index (χ1v) is 12.4. The van der Waals surface area contributed by atoms with Gasteiger partial charge in [0.2, 0.25) is 5.91 Å². The molecule has 1 aromatic rings. The van der Waals surface area contributed by atoms with Crippen LogP contribution in [0.3, 0.4) is 0 Å². The molecule has 2 aliphatic heterocycles. The molecule has 2 heterocycles. The molecular weight excluding hydrogens is 384 g/mol. The van der Waals surface area contributed by atoms with Crippen molar-refractivity contribution in [2.24, 2.45) is 23.7 Å². The zero-order valence-electron chi connectivity index (χ0n) is 20.1. The summed E-state index contributed by atoms with van der Waals surface area (Å²) in [6, 6.07) is 10.8. The summed E-state index contributed by atoms with van der Waals surface area (Å²) in [5.74, 6) is 3.23. The predicted octanol–water partition coefficient (Wildman–Crippen LogP) is 4.99. The summed E-state index contributed by atoms with van der Waals surface area (Å²) in [4.78, 5) is 29.1. The molecule has 0 N–H and O–H groups in total. The van der Waals surface area contributed by atoms with Gasteiger partial charge in [-0.25, -0.2) is 0 Å². The van der Waals surface area contributed by atoms with E-state index in [1.165, 1.54) is 5.56 Å². The Balaban J connectivity index is 1.35. The number of nitrogens with zero attached hydrogens (tertiary/aromatic N) is 2. The highest BCUT2D eigenvalue weighted by Gasteiger charge is 2.38. The molecule has 0 aliphatic carbocycles. The number of amides is 1. The van der Waals surface area contributed by atoms with Gasteiger partial charge in [0.25, 0.3) is 0 Å². The Hall–Kier alpha value is -1.68. The van der Waals surface area contributed by atoms with E-state index in [1.807, 2.05) is 13.8 Å². The molecule has 2 aliphatic rings. The van der Waals surface area contributed by atoms with Crippen molar-refractivity contribution in [2.45, 2.75) is 65.7 Å². The van der Waals surface area contributed by atoms with Crippen LogP contribution in [0.5, 0.6) is 0 Å². The van der Waals surface area contributed by atoms with E-state index in [0.29, 0.717) is 48.2 Å². The van der Waals surface area contributed by atoms with Gasteiger partial charge in [-0.15, -0.1) is 0 Å². The molecule has 0 unspecified atom stereocenters. The fraction of sp³-hybridized carbons (Fsp3) is 0.704. The quantitative estimate of drug-likeness (QED) is 0.529. The van der Waals surface area contributed by atoms with Crippen LogP contribution in [0.4, 0.5) is 0 Å². The Morgan fingerprint density at radius 2 is 1.61 bits per heavy atom. The van der Waals surface area contributed by atoms with Gasteiger partial charge >= 0.3 is 0 Å². The van der Waals surface area contributed by atoms with Crippen molar-refractivity contribution in [1.29, 1.82) is 0 Å². The topological polar surface area (TPSA) is 40.6 Å². The maximum atomic E-state index is 12.7. The second kappa shape index (κ2) is 11.3. The molecule has 1 aromatic carbocycles. The number of Topliss-reactive ketones (excluding diaryl/α,β-unsaturated/α-hetero) is 1. The van der Waals surface area contributed by atoms with Crippen LogP contribution in [0, 0.1) is 23.7 Å².